The Kier molecular flexibility index (Phi) is 3.79. The number of fused-ring (bicyclic) bond motifs is 1. The van der Waals surface area contributed by atoms with E-state index in [1.165, 1.54) is 0 Å². The minimum absolute atomic E-state index is 0.297. The second kappa shape index (κ2) is 6.12. The van der Waals surface area contributed by atoms with Gasteiger partial charge in [0.2, 0.25) is 0 Å². The standard InChI is InChI=1S/C17H18N6O2/c1-10-7-11(2)23(21-10)17-18-8-12(9-19-17)20-16(24)15-13-5-3-4-6-14(13)25-22-15/h7-9H,3-6H2,1-2H3,(H,20,24). The highest BCUT2D eigenvalue weighted by Gasteiger charge is 2.24. The van der Waals surface area contributed by atoms with Crippen LogP contribution in [0.15, 0.2) is 23.0 Å². The van der Waals surface area contributed by atoms with Crippen molar-refractivity contribution in [2.24, 2.45) is 0 Å². The summed E-state index contributed by atoms with van der Waals surface area (Å²) in [5, 5.41) is 11.1. The van der Waals surface area contributed by atoms with E-state index in [-0.39, 0.29) is 5.91 Å². The highest BCUT2D eigenvalue weighted by Crippen LogP contribution is 2.24. The Morgan fingerprint density at radius 1 is 1.20 bits per heavy atom. The zero-order chi connectivity index (χ0) is 17.4. The molecule has 0 spiro atoms. The van der Waals surface area contributed by atoms with Gasteiger partial charge in [-0.1, -0.05) is 5.16 Å². The summed E-state index contributed by atoms with van der Waals surface area (Å²) >= 11 is 0. The van der Waals surface area contributed by atoms with Crippen molar-refractivity contribution in [1.29, 1.82) is 0 Å². The van der Waals surface area contributed by atoms with Crippen molar-refractivity contribution in [3.63, 3.8) is 0 Å². The molecule has 0 radical (unpaired) electrons. The molecule has 0 saturated heterocycles. The van der Waals surface area contributed by atoms with Gasteiger partial charge in [0.1, 0.15) is 5.76 Å². The molecule has 4 rings (SSSR count). The van der Waals surface area contributed by atoms with Gasteiger partial charge in [0.15, 0.2) is 5.69 Å². The third-order valence-electron chi connectivity index (χ3n) is 4.26. The number of amides is 1. The van der Waals surface area contributed by atoms with Crippen LogP contribution in [0.5, 0.6) is 0 Å². The molecule has 0 atom stereocenters. The first-order chi connectivity index (χ1) is 12.1. The summed E-state index contributed by atoms with van der Waals surface area (Å²) in [6, 6.07) is 1.95. The van der Waals surface area contributed by atoms with Crippen LogP contribution in [0.25, 0.3) is 5.95 Å². The number of aryl methyl sites for hydroxylation is 3. The molecule has 0 unspecified atom stereocenters. The lowest BCUT2D eigenvalue weighted by atomic mass is 9.96. The first kappa shape index (κ1) is 15.5. The predicted octanol–water partition coefficient (Wildman–Crippen LogP) is 2.40. The van der Waals surface area contributed by atoms with Crippen LogP contribution in [-0.4, -0.2) is 30.8 Å². The second-order valence-electron chi connectivity index (χ2n) is 6.20. The van der Waals surface area contributed by atoms with E-state index in [2.05, 4.69) is 25.5 Å². The third kappa shape index (κ3) is 2.90. The lowest BCUT2D eigenvalue weighted by Gasteiger charge is -2.09. The summed E-state index contributed by atoms with van der Waals surface area (Å²) in [5.74, 6) is 0.990. The van der Waals surface area contributed by atoms with Gasteiger partial charge < -0.3 is 9.84 Å². The monoisotopic (exact) mass is 338 g/mol. The van der Waals surface area contributed by atoms with Crippen molar-refractivity contribution >= 4 is 11.6 Å². The summed E-state index contributed by atoms with van der Waals surface area (Å²) in [6.07, 6.45) is 6.91. The average molecular weight is 338 g/mol. The molecule has 0 saturated carbocycles. The van der Waals surface area contributed by atoms with E-state index in [1.54, 1.807) is 17.1 Å². The number of carbonyl (C=O) groups excluding carboxylic acids is 1. The molecule has 1 aliphatic carbocycles. The van der Waals surface area contributed by atoms with E-state index in [9.17, 15) is 4.79 Å². The van der Waals surface area contributed by atoms with Crippen LogP contribution in [-0.2, 0) is 12.8 Å². The minimum atomic E-state index is -0.297. The summed E-state index contributed by atoms with van der Waals surface area (Å²) in [6.45, 7) is 3.85. The fourth-order valence-corrected chi connectivity index (χ4v) is 3.08. The van der Waals surface area contributed by atoms with Crippen LogP contribution in [0.1, 0.15) is 46.0 Å². The summed E-state index contributed by atoms with van der Waals surface area (Å²) < 4.78 is 6.95. The Hall–Kier alpha value is -3.03. The van der Waals surface area contributed by atoms with Gasteiger partial charge in [-0.15, -0.1) is 0 Å². The molecule has 1 aliphatic rings. The molecule has 1 N–H and O–H groups in total. The van der Waals surface area contributed by atoms with Crippen LogP contribution >= 0.6 is 0 Å². The quantitative estimate of drug-likeness (QED) is 0.787. The first-order valence-corrected chi connectivity index (χ1v) is 8.26. The molecule has 128 valence electrons. The number of anilines is 1. The SMILES string of the molecule is Cc1cc(C)n(-c2ncc(NC(=O)c3noc4c3CCCC4)cn2)n1. The van der Waals surface area contributed by atoms with Crippen molar-refractivity contribution in [2.45, 2.75) is 39.5 Å². The first-order valence-electron chi connectivity index (χ1n) is 8.26. The average Bonchev–Trinajstić information content (AvgIpc) is 3.18. The highest BCUT2D eigenvalue weighted by atomic mass is 16.5. The minimum Gasteiger partial charge on any atom is -0.360 e. The van der Waals surface area contributed by atoms with E-state index in [4.69, 9.17) is 4.52 Å². The Balaban J connectivity index is 1.52. The van der Waals surface area contributed by atoms with Gasteiger partial charge in [-0.3, -0.25) is 4.79 Å². The van der Waals surface area contributed by atoms with Crippen LogP contribution in [0.4, 0.5) is 5.69 Å². The molecule has 0 fully saturated rings. The van der Waals surface area contributed by atoms with Crippen molar-refractivity contribution in [1.82, 2.24) is 24.9 Å². The van der Waals surface area contributed by atoms with Crippen LogP contribution in [0, 0.1) is 13.8 Å². The zero-order valence-electron chi connectivity index (χ0n) is 14.1. The van der Waals surface area contributed by atoms with Crippen molar-refractivity contribution < 1.29 is 9.32 Å². The maximum atomic E-state index is 12.5. The van der Waals surface area contributed by atoms with E-state index in [0.29, 0.717) is 17.3 Å². The van der Waals surface area contributed by atoms with Gasteiger partial charge >= 0.3 is 0 Å². The summed E-state index contributed by atoms with van der Waals surface area (Å²) in [4.78, 5) is 21.0. The molecule has 3 aromatic rings. The maximum Gasteiger partial charge on any atom is 0.278 e. The van der Waals surface area contributed by atoms with Crippen LogP contribution in [0.3, 0.4) is 0 Å². The van der Waals surface area contributed by atoms with Gasteiger partial charge in [-0.05, 0) is 39.2 Å². The largest absolute Gasteiger partial charge is 0.360 e. The summed E-state index contributed by atoms with van der Waals surface area (Å²) in [7, 11) is 0. The molecular formula is C17H18N6O2. The van der Waals surface area contributed by atoms with Gasteiger partial charge in [0, 0.05) is 17.7 Å². The van der Waals surface area contributed by atoms with Crippen molar-refractivity contribution in [2.75, 3.05) is 5.32 Å². The number of hydrogen-bond acceptors (Lipinski definition) is 6. The number of carbonyl (C=O) groups is 1. The summed E-state index contributed by atoms with van der Waals surface area (Å²) in [5.41, 5.74) is 3.63. The number of rotatable bonds is 3. The zero-order valence-corrected chi connectivity index (χ0v) is 14.1. The smallest absolute Gasteiger partial charge is 0.278 e. The highest BCUT2D eigenvalue weighted by molar-refractivity contribution is 6.03. The van der Waals surface area contributed by atoms with E-state index >= 15 is 0 Å². The number of nitrogens with zero attached hydrogens (tertiary/aromatic N) is 5. The predicted molar refractivity (Wildman–Crippen MR) is 89.7 cm³/mol. The molecule has 0 aromatic carbocycles. The van der Waals surface area contributed by atoms with Gasteiger partial charge in [0.25, 0.3) is 11.9 Å². The molecule has 8 nitrogen and oxygen atoms in total. The Morgan fingerprint density at radius 2 is 1.96 bits per heavy atom. The third-order valence-corrected chi connectivity index (χ3v) is 4.26. The molecule has 8 heteroatoms. The van der Waals surface area contributed by atoms with Gasteiger partial charge in [0.05, 0.1) is 23.8 Å². The molecular weight excluding hydrogens is 320 g/mol. The molecule has 25 heavy (non-hydrogen) atoms. The van der Waals surface area contributed by atoms with E-state index in [1.807, 2.05) is 19.9 Å². The fraction of sp³-hybridized carbons (Fsp3) is 0.353. The van der Waals surface area contributed by atoms with Gasteiger partial charge in [-0.25, -0.2) is 14.6 Å². The molecule has 0 aliphatic heterocycles. The molecule has 3 heterocycles. The maximum absolute atomic E-state index is 12.5. The number of nitrogens with one attached hydrogen (secondary N) is 1. The van der Waals surface area contributed by atoms with Crippen LogP contribution in [0.2, 0.25) is 0 Å². The topological polar surface area (TPSA) is 98.7 Å². The van der Waals surface area contributed by atoms with Crippen LogP contribution < -0.4 is 5.32 Å². The fourth-order valence-electron chi connectivity index (χ4n) is 3.08. The van der Waals surface area contributed by atoms with E-state index in [0.717, 1.165) is 48.4 Å². The van der Waals surface area contributed by atoms with E-state index < -0.39 is 0 Å². The van der Waals surface area contributed by atoms with Crippen molar-refractivity contribution in [3.05, 3.63) is 46.9 Å². The normalized spacial score (nSPS) is 13.5. The Labute approximate surface area is 144 Å². The lowest BCUT2D eigenvalue weighted by molar-refractivity contribution is 0.101. The van der Waals surface area contributed by atoms with Gasteiger partial charge in [-0.2, -0.15) is 5.10 Å². The number of aromatic nitrogens is 5. The second-order valence-corrected chi connectivity index (χ2v) is 6.20. The number of hydrogen-bond donors (Lipinski definition) is 1. The molecule has 3 aromatic heterocycles. The lowest BCUT2D eigenvalue weighted by Crippen LogP contribution is -2.16. The van der Waals surface area contributed by atoms with Crippen molar-refractivity contribution in [3.8, 4) is 5.95 Å². The molecule has 0 bridgehead atoms. The Morgan fingerprint density at radius 3 is 2.68 bits per heavy atom. The molecule has 1 amide bonds. The Bertz CT molecular complexity index is 925.